The largest absolute Gasteiger partial charge is 0.479 e. The molecule has 94 valence electrons. The van der Waals surface area contributed by atoms with Crippen molar-refractivity contribution in [2.45, 2.75) is 26.0 Å². The third-order valence-electron chi connectivity index (χ3n) is 2.21. The summed E-state index contributed by atoms with van der Waals surface area (Å²) in [6.45, 7) is 2.28. The van der Waals surface area contributed by atoms with Gasteiger partial charge in [0.05, 0.1) is 13.7 Å². The van der Waals surface area contributed by atoms with Gasteiger partial charge in [-0.05, 0) is 13.8 Å². The van der Waals surface area contributed by atoms with Crippen molar-refractivity contribution < 1.29 is 19.7 Å². The van der Waals surface area contributed by atoms with E-state index in [4.69, 9.17) is 9.84 Å². The van der Waals surface area contributed by atoms with Crippen LogP contribution < -0.4 is 10.3 Å². The van der Waals surface area contributed by atoms with Crippen LogP contribution in [0.1, 0.15) is 12.6 Å². The maximum absolute atomic E-state index is 11.7. The van der Waals surface area contributed by atoms with Gasteiger partial charge in [-0.25, -0.2) is 9.78 Å². The first kappa shape index (κ1) is 13.2. The van der Waals surface area contributed by atoms with Crippen LogP contribution in [0, 0.1) is 6.92 Å². The smallest absolute Gasteiger partial charge is 0.337 e. The van der Waals surface area contributed by atoms with Crippen LogP contribution in [-0.4, -0.2) is 38.4 Å². The number of aryl methyl sites for hydroxylation is 1. The molecule has 1 rings (SSSR count). The van der Waals surface area contributed by atoms with E-state index < -0.39 is 23.7 Å². The Kier molecular flexibility index (Phi) is 3.52. The van der Waals surface area contributed by atoms with Gasteiger partial charge in [-0.15, -0.1) is 0 Å². The van der Waals surface area contributed by atoms with Gasteiger partial charge < -0.3 is 14.9 Å². The molecule has 7 nitrogen and oxygen atoms in total. The fourth-order valence-electron chi connectivity index (χ4n) is 1.27. The molecule has 1 atom stereocenters. The fourth-order valence-corrected chi connectivity index (χ4v) is 1.27. The summed E-state index contributed by atoms with van der Waals surface area (Å²) in [7, 11) is 1.31. The van der Waals surface area contributed by atoms with Crippen molar-refractivity contribution in [3.05, 3.63) is 22.1 Å². The van der Waals surface area contributed by atoms with Gasteiger partial charge in [-0.2, -0.15) is 0 Å². The van der Waals surface area contributed by atoms with E-state index >= 15 is 0 Å². The molecule has 1 heterocycles. The van der Waals surface area contributed by atoms with Gasteiger partial charge in [0.25, 0.3) is 11.6 Å². The molecule has 0 radical (unpaired) electrons. The van der Waals surface area contributed by atoms with Crippen molar-refractivity contribution in [1.29, 1.82) is 0 Å². The van der Waals surface area contributed by atoms with E-state index in [0.717, 1.165) is 11.5 Å². The lowest BCUT2D eigenvalue weighted by molar-refractivity contribution is -0.158. The summed E-state index contributed by atoms with van der Waals surface area (Å²) in [6.07, 6.45) is 0. The number of aromatic nitrogens is 2. The number of hydrogen-bond donors (Lipinski definition) is 2. The number of carboxylic acid groups (broad SMARTS) is 1. The number of rotatable bonds is 4. The van der Waals surface area contributed by atoms with Crippen LogP contribution in [-0.2, 0) is 11.3 Å². The van der Waals surface area contributed by atoms with Gasteiger partial charge in [-0.1, -0.05) is 0 Å². The molecule has 1 unspecified atom stereocenters. The molecule has 0 bridgehead atoms. The highest BCUT2D eigenvalue weighted by Gasteiger charge is 2.32. The van der Waals surface area contributed by atoms with Crippen LogP contribution in [0.4, 0.5) is 0 Å². The zero-order valence-corrected chi connectivity index (χ0v) is 9.80. The second-order valence-electron chi connectivity index (χ2n) is 3.89. The standard InChI is InChI=1S/C10H14N2O5/c1-6-4-7(13)12(9(11-6)17-3)5-10(2,16)8(14)15/h4,16H,5H2,1-3H3,(H,14,15). The number of methoxy groups -OCH3 is 1. The summed E-state index contributed by atoms with van der Waals surface area (Å²) in [5, 5.41) is 18.4. The van der Waals surface area contributed by atoms with Gasteiger partial charge in [-0.3, -0.25) is 9.36 Å². The van der Waals surface area contributed by atoms with Crippen LogP contribution >= 0.6 is 0 Å². The number of aliphatic hydroxyl groups is 1. The maximum Gasteiger partial charge on any atom is 0.337 e. The minimum atomic E-state index is -2.06. The van der Waals surface area contributed by atoms with Crippen LogP contribution in [0.15, 0.2) is 10.9 Å². The molecule has 1 aromatic heterocycles. The number of nitrogens with zero attached hydrogens (tertiary/aromatic N) is 2. The van der Waals surface area contributed by atoms with Crippen LogP contribution in [0.3, 0.4) is 0 Å². The first-order chi connectivity index (χ1) is 7.77. The molecule has 0 aliphatic heterocycles. The van der Waals surface area contributed by atoms with E-state index in [1.165, 1.54) is 13.2 Å². The van der Waals surface area contributed by atoms with Gasteiger partial charge >= 0.3 is 5.97 Å². The Balaban J connectivity index is 3.23. The monoisotopic (exact) mass is 242 g/mol. The number of ether oxygens (including phenoxy) is 1. The molecular weight excluding hydrogens is 228 g/mol. The highest BCUT2D eigenvalue weighted by atomic mass is 16.5. The summed E-state index contributed by atoms with van der Waals surface area (Å²) in [5.74, 6) is -1.42. The minimum Gasteiger partial charge on any atom is -0.479 e. The van der Waals surface area contributed by atoms with Crippen molar-refractivity contribution in [2.75, 3.05) is 7.11 Å². The van der Waals surface area contributed by atoms with E-state index in [-0.39, 0.29) is 6.01 Å². The Morgan fingerprint density at radius 2 is 2.24 bits per heavy atom. The normalized spacial score (nSPS) is 14.1. The van der Waals surface area contributed by atoms with Crippen molar-refractivity contribution in [2.24, 2.45) is 0 Å². The summed E-state index contributed by atoms with van der Waals surface area (Å²) in [5.41, 5.74) is -2.08. The molecule has 0 fully saturated rings. The number of carbonyl (C=O) groups is 1. The molecule has 2 N–H and O–H groups in total. The van der Waals surface area contributed by atoms with Gasteiger partial charge in [0.15, 0.2) is 5.60 Å². The second kappa shape index (κ2) is 4.54. The predicted octanol–water partition coefficient (Wildman–Crippen LogP) is -0.604. The Labute approximate surface area is 97.3 Å². The predicted molar refractivity (Wildman–Crippen MR) is 58.0 cm³/mol. The highest BCUT2D eigenvalue weighted by Crippen LogP contribution is 2.11. The van der Waals surface area contributed by atoms with E-state index in [1.54, 1.807) is 6.92 Å². The Hall–Kier alpha value is -1.89. The van der Waals surface area contributed by atoms with E-state index in [1.807, 2.05) is 0 Å². The average molecular weight is 242 g/mol. The van der Waals surface area contributed by atoms with Crippen molar-refractivity contribution in [3.8, 4) is 6.01 Å². The number of hydrogen-bond acceptors (Lipinski definition) is 5. The number of aliphatic carboxylic acids is 1. The van der Waals surface area contributed by atoms with Crippen LogP contribution in [0.2, 0.25) is 0 Å². The third kappa shape index (κ3) is 2.82. The number of carboxylic acids is 1. The molecule has 0 saturated heterocycles. The van der Waals surface area contributed by atoms with E-state index in [9.17, 15) is 14.7 Å². The Morgan fingerprint density at radius 3 is 2.71 bits per heavy atom. The Bertz CT molecular complexity index is 492. The molecule has 1 aromatic rings. The molecule has 0 aliphatic carbocycles. The molecule has 17 heavy (non-hydrogen) atoms. The zero-order valence-electron chi connectivity index (χ0n) is 9.80. The van der Waals surface area contributed by atoms with Crippen molar-refractivity contribution in [1.82, 2.24) is 9.55 Å². The third-order valence-corrected chi connectivity index (χ3v) is 2.21. The van der Waals surface area contributed by atoms with Gasteiger partial charge in [0.1, 0.15) is 0 Å². The Morgan fingerprint density at radius 1 is 1.65 bits per heavy atom. The first-order valence-corrected chi connectivity index (χ1v) is 4.86. The summed E-state index contributed by atoms with van der Waals surface area (Å²) in [4.78, 5) is 26.4. The molecular formula is C10H14N2O5. The molecule has 0 aliphatic rings. The van der Waals surface area contributed by atoms with Crippen LogP contribution in [0.25, 0.3) is 0 Å². The van der Waals surface area contributed by atoms with Crippen LogP contribution in [0.5, 0.6) is 6.01 Å². The maximum atomic E-state index is 11.7. The fraction of sp³-hybridized carbons (Fsp3) is 0.500. The second-order valence-corrected chi connectivity index (χ2v) is 3.89. The van der Waals surface area contributed by atoms with Gasteiger partial charge in [0.2, 0.25) is 0 Å². The average Bonchev–Trinajstić information content (AvgIpc) is 2.21. The van der Waals surface area contributed by atoms with Crippen molar-refractivity contribution >= 4 is 5.97 Å². The summed E-state index contributed by atoms with van der Waals surface area (Å²) < 4.78 is 5.85. The van der Waals surface area contributed by atoms with Crippen molar-refractivity contribution in [3.63, 3.8) is 0 Å². The zero-order chi connectivity index (χ0) is 13.2. The van der Waals surface area contributed by atoms with E-state index in [0.29, 0.717) is 5.69 Å². The SMILES string of the molecule is COc1nc(C)cc(=O)n1CC(C)(O)C(=O)O. The van der Waals surface area contributed by atoms with E-state index in [2.05, 4.69) is 4.98 Å². The van der Waals surface area contributed by atoms with Gasteiger partial charge in [0, 0.05) is 11.8 Å². The summed E-state index contributed by atoms with van der Waals surface area (Å²) >= 11 is 0. The highest BCUT2D eigenvalue weighted by molar-refractivity contribution is 5.76. The molecule has 7 heteroatoms. The lowest BCUT2D eigenvalue weighted by atomic mass is 10.1. The minimum absolute atomic E-state index is 0.0310. The molecule has 0 spiro atoms. The topological polar surface area (TPSA) is 102 Å². The summed E-state index contributed by atoms with van der Waals surface area (Å²) in [6, 6.07) is 1.21. The molecule has 0 aromatic carbocycles. The lowest BCUT2D eigenvalue weighted by Gasteiger charge is -2.20. The molecule has 0 saturated carbocycles. The first-order valence-electron chi connectivity index (χ1n) is 4.86. The quantitative estimate of drug-likeness (QED) is 0.730. The lowest BCUT2D eigenvalue weighted by Crippen LogP contribution is -2.42. The molecule has 0 amide bonds.